The maximum absolute atomic E-state index is 14.0. The number of hydrogen-bond donors (Lipinski definition) is 0. The molecule has 0 bridgehead atoms. The monoisotopic (exact) mass is 320 g/mol. The van der Waals surface area contributed by atoms with Gasteiger partial charge in [0.1, 0.15) is 6.61 Å². The summed E-state index contributed by atoms with van der Waals surface area (Å²) in [6, 6.07) is 12.9. The molecule has 0 aliphatic rings. The highest BCUT2D eigenvalue weighted by atomic mass is 19.1. The summed E-state index contributed by atoms with van der Waals surface area (Å²) in [6.45, 7) is 4.26. The van der Waals surface area contributed by atoms with Gasteiger partial charge in [0.25, 0.3) is 0 Å². The summed E-state index contributed by atoms with van der Waals surface area (Å²) in [5.41, 5.74) is 2.78. The number of benzene rings is 2. The molecule has 0 spiro atoms. The van der Waals surface area contributed by atoms with E-state index in [1.807, 2.05) is 44.2 Å². The number of hydrogen-bond acceptors (Lipinski definition) is 1. The highest BCUT2D eigenvalue weighted by Crippen LogP contribution is 2.18. The van der Waals surface area contributed by atoms with E-state index < -0.39 is 5.82 Å². The first-order valence-corrected chi connectivity index (χ1v) is 7.98. The minimum absolute atomic E-state index is 0.243. The van der Waals surface area contributed by atoms with Crippen LogP contribution in [0, 0.1) is 17.7 Å². The molecule has 2 aromatic rings. The molecule has 2 heteroatoms. The van der Waals surface area contributed by atoms with Gasteiger partial charge in [0.15, 0.2) is 11.6 Å². The molecule has 0 saturated carbocycles. The van der Waals surface area contributed by atoms with Gasteiger partial charge in [-0.1, -0.05) is 48.3 Å². The van der Waals surface area contributed by atoms with Crippen LogP contribution in [-0.2, 0) is 6.42 Å². The zero-order valence-corrected chi connectivity index (χ0v) is 14.1. The highest BCUT2D eigenvalue weighted by molar-refractivity contribution is 5.45. The molecule has 0 radical (unpaired) electrons. The molecule has 0 aromatic heterocycles. The quantitative estimate of drug-likeness (QED) is 0.536. The van der Waals surface area contributed by atoms with Gasteiger partial charge in [0.05, 0.1) is 0 Å². The van der Waals surface area contributed by atoms with Gasteiger partial charge in [-0.05, 0) is 56.2 Å². The third-order valence-corrected chi connectivity index (χ3v) is 3.40. The third-order valence-electron chi connectivity index (χ3n) is 3.40. The second-order valence-electron chi connectivity index (χ2n) is 5.25. The zero-order chi connectivity index (χ0) is 17.2. The van der Waals surface area contributed by atoms with E-state index >= 15 is 0 Å². The summed E-state index contributed by atoms with van der Waals surface area (Å²) < 4.78 is 19.3. The molecule has 24 heavy (non-hydrogen) atoms. The van der Waals surface area contributed by atoms with Crippen LogP contribution in [0.1, 0.15) is 30.5 Å². The normalized spacial score (nSPS) is 10.8. The molecule has 0 saturated heterocycles. The Hall–Kier alpha value is -2.79. The molecule has 1 nitrogen and oxygen atoms in total. The fourth-order valence-corrected chi connectivity index (χ4v) is 2.05. The Labute approximate surface area is 143 Å². The van der Waals surface area contributed by atoms with Gasteiger partial charge < -0.3 is 4.74 Å². The van der Waals surface area contributed by atoms with Crippen molar-refractivity contribution in [3.8, 4) is 17.6 Å². The molecular formula is C22H21FO. The average molecular weight is 320 g/mol. The minimum Gasteiger partial charge on any atom is -0.486 e. The SMILES string of the molecule is CC=CCOc1ccc(C#Cc2ccc(CC=CC)cc2)cc1F. The first kappa shape index (κ1) is 17.6. The molecule has 0 fully saturated rings. The smallest absolute Gasteiger partial charge is 0.166 e. The van der Waals surface area contributed by atoms with E-state index in [2.05, 4.69) is 30.0 Å². The molecule has 0 atom stereocenters. The van der Waals surface area contributed by atoms with E-state index in [4.69, 9.17) is 4.74 Å². The van der Waals surface area contributed by atoms with Crippen molar-refractivity contribution >= 4 is 0 Å². The Balaban J connectivity index is 2.06. The first-order chi connectivity index (χ1) is 11.7. The molecule has 0 heterocycles. The Kier molecular flexibility index (Phi) is 6.86. The third kappa shape index (κ3) is 5.44. The van der Waals surface area contributed by atoms with Gasteiger partial charge in [-0.3, -0.25) is 0 Å². The first-order valence-electron chi connectivity index (χ1n) is 7.98. The molecule has 2 rings (SSSR count). The van der Waals surface area contributed by atoms with Crippen LogP contribution >= 0.6 is 0 Å². The van der Waals surface area contributed by atoms with Crippen molar-refractivity contribution in [2.24, 2.45) is 0 Å². The van der Waals surface area contributed by atoms with Gasteiger partial charge in [-0.2, -0.15) is 0 Å². The lowest BCUT2D eigenvalue weighted by molar-refractivity contribution is 0.341. The lowest BCUT2D eigenvalue weighted by Gasteiger charge is -2.04. The van der Waals surface area contributed by atoms with Gasteiger partial charge in [-0.25, -0.2) is 4.39 Å². The molecule has 0 unspecified atom stereocenters. The van der Waals surface area contributed by atoms with Crippen LogP contribution in [-0.4, -0.2) is 6.61 Å². The largest absolute Gasteiger partial charge is 0.486 e. The van der Waals surface area contributed by atoms with E-state index in [0.717, 1.165) is 12.0 Å². The van der Waals surface area contributed by atoms with E-state index in [1.54, 1.807) is 12.1 Å². The number of ether oxygens (including phenoxy) is 1. The zero-order valence-electron chi connectivity index (χ0n) is 14.1. The molecule has 0 N–H and O–H groups in total. The maximum Gasteiger partial charge on any atom is 0.166 e. The summed E-state index contributed by atoms with van der Waals surface area (Å²) >= 11 is 0. The van der Waals surface area contributed by atoms with E-state index in [1.165, 1.54) is 11.6 Å². The van der Waals surface area contributed by atoms with Crippen LogP contribution in [0.4, 0.5) is 4.39 Å². The predicted octanol–water partition coefficient (Wildman–Crippen LogP) is 5.30. The topological polar surface area (TPSA) is 9.23 Å². The van der Waals surface area contributed by atoms with Crippen LogP contribution in [0.3, 0.4) is 0 Å². The van der Waals surface area contributed by atoms with E-state index in [-0.39, 0.29) is 5.75 Å². The van der Waals surface area contributed by atoms with Crippen molar-refractivity contribution in [1.82, 2.24) is 0 Å². The molecular weight excluding hydrogens is 299 g/mol. The molecule has 0 aliphatic carbocycles. The highest BCUT2D eigenvalue weighted by Gasteiger charge is 2.02. The van der Waals surface area contributed by atoms with Crippen molar-refractivity contribution in [2.45, 2.75) is 20.3 Å². The van der Waals surface area contributed by atoms with Crippen LogP contribution in [0.15, 0.2) is 66.8 Å². The van der Waals surface area contributed by atoms with Crippen molar-refractivity contribution in [1.29, 1.82) is 0 Å². The fraction of sp³-hybridized carbons (Fsp3) is 0.182. The average Bonchev–Trinajstić information content (AvgIpc) is 2.61. The van der Waals surface area contributed by atoms with Crippen molar-refractivity contribution in [3.05, 3.63) is 89.3 Å². The number of rotatable bonds is 5. The van der Waals surface area contributed by atoms with Gasteiger partial charge in [-0.15, -0.1) is 0 Å². The van der Waals surface area contributed by atoms with Gasteiger partial charge in [0, 0.05) is 11.1 Å². The van der Waals surface area contributed by atoms with Gasteiger partial charge >= 0.3 is 0 Å². The van der Waals surface area contributed by atoms with Crippen molar-refractivity contribution in [2.75, 3.05) is 6.61 Å². The number of allylic oxidation sites excluding steroid dienone is 3. The number of halogens is 1. The maximum atomic E-state index is 14.0. The second-order valence-corrected chi connectivity index (χ2v) is 5.25. The molecule has 0 aliphatic heterocycles. The Morgan fingerprint density at radius 2 is 1.58 bits per heavy atom. The second kappa shape index (κ2) is 9.37. The summed E-state index contributed by atoms with van der Waals surface area (Å²) in [4.78, 5) is 0. The summed E-state index contributed by atoms with van der Waals surface area (Å²) in [6.07, 6.45) is 8.76. The Bertz CT molecular complexity index is 774. The minimum atomic E-state index is -0.395. The molecule has 122 valence electrons. The van der Waals surface area contributed by atoms with Crippen LogP contribution in [0.5, 0.6) is 5.75 Å². The molecule has 2 aromatic carbocycles. The summed E-state index contributed by atoms with van der Waals surface area (Å²) in [7, 11) is 0. The Morgan fingerprint density at radius 1 is 0.917 bits per heavy atom. The van der Waals surface area contributed by atoms with E-state index in [9.17, 15) is 4.39 Å². The van der Waals surface area contributed by atoms with Crippen LogP contribution in [0.2, 0.25) is 0 Å². The lowest BCUT2D eigenvalue weighted by atomic mass is 10.1. The lowest BCUT2D eigenvalue weighted by Crippen LogP contribution is -1.96. The Morgan fingerprint density at radius 3 is 2.25 bits per heavy atom. The van der Waals surface area contributed by atoms with Gasteiger partial charge in [0.2, 0.25) is 0 Å². The molecule has 0 amide bonds. The fourth-order valence-electron chi connectivity index (χ4n) is 2.05. The van der Waals surface area contributed by atoms with Crippen LogP contribution < -0.4 is 4.74 Å². The summed E-state index contributed by atoms with van der Waals surface area (Å²) in [5.74, 6) is 5.89. The predicted molar refractivity (Wildman–Crippen MR) is 97.6 cm³/mol. The summed E-state index contributed by atoms with van der Waals surface area (Å²) in [5, 5.41) is 0. The van der Waals surface area contributed by atoms with Crippen molar-refractivity contribution < 1.29 is 9.13 Å². The standard InChI is InChI=1S/C22H21FO/c1-3-5-7-18-8-10-19(11-9-18)12-13-20-14-15-22(21(23)17-20)24-16-6-4-2/h3-6,8-11,14-15,17H,7,16H2,1-2H3. The van der Waals surface area contributed by atoms with Crippen LogP contribution in [0.25, 0.3) is 0 Å². The van der Waals surface area contributed by atoms with Crippen molar-refractivity contribution in [3.63, 3.8) is 0 Å². The van der Waals surface area contributed by atoms with E-state index in [0.29, 0.717) is 12.2 Å².